The normalized spacial score (nSPS) is 11.3. The molecule has 0 aliphatic rings. The summed E-state index contributed by atoms with van der Waals surface area (Å²) in [6.45, 7) is 3.82. The molecule has 0 aliphatic carbocycles. The molecule has 5 aromatic rings. The van der Waals surface area contributed by atoms with Gasteiger partial charge >= 0.3 is 0 Å². The molecule has 0 aliphatic heterocycles. The Morgan fingerprint density at radius 3 is 2.57 bits per heavy atom. The summed E-state index contributed by atoms with van der Waals surface area (Å²) in [5.74, 6) is 0.499. The van der Waals surface area contributed by atoms with Crippen molar-refractivity contribution < 1.29 is 8.91 Å². The fourth-order valence-corrected chi connectivity index (χ4v) is 3.91. The Kier molecular flexibility index (Phi) is 4.39. The van der Waals surface area contributed by atoms with Crippen LogP contribution in [0.25, 0.3) is 33.4 Å². The lowest BCUT2D eigenvalue weighted by atomic mass is 9.98. The molecule has 0 atom stereocenters. The van der Waals surface area contributed by atoms with Gasteiger partial charge in [0, 0.05) is 41.5 Å². The van der Waals surface area contributed by atoms with Crippen molar-refractivity contribution in [3.8, 4) is 22.4 Å². The first-order valence-electron chi connectivity index (χ1n) is 9.69. The van der Waals surface area contributed by atoms with Gasteiger partial charge in [-0.2, -0.15) is 0 Å². The highest BCUT2D eigenvalue weighted by molar-refractivity contribution is 5.91. The molecule has 5 rings (SSSR count). The summed E-state index contributed by atoms with van der Waals surface area (Å²) in [6.07, 6.45) is 6.12. The van der Waals surface area contributed by atoms with Crippen molar-refractivity contribution in [2.24, 2.45) is 0 Å². The number of H-pyrrole nitrogens is 1. The second-order valence-electron chi connectivity index (χ2n) is 7.34. The molecule has 0 saturated heterocycles. The number of aromatic amines is 1. The van der Waals surface area contributed by atoms with Crippen LogP contribution in [0.4, 0.5) is 4.39 Å². The number of nitrogens with one attached hydrogen (secondary N) is 1. The van der Waals surface area contributed by atoms with Gasteiger partial charge in [0.1, 0.15) is 17.2 Å². The first-order chi connectivity index (χ1) is 14.6. The van der Waals surface area contributed by atoms with Crippen LogP contribution in [-0.2, 0) is 6.42 Å². The van der Waals surface area contributed by atoms with Crippen LogP contribution in [0.5, 0.6) is 0 Å². The van der Waals surface area contributed by atoms with Crippen LogP contribution in [0, 0.1) is 19.7 Å². The van der Waals surface area contributed by atoms with E-state index in [2.05, 4.69) is 26.2 Å². The molecule has 1 N–H and O–H groups in total. The lowest BCUT2D eigenvalue weighted by Gasteiger charge is -2.06. The van der Waals surface area contributed by atoms with Crippen molar-refractivity contribution in [1.82, 2.24) is 20.1 Å². The van der Waals surface area contributed by atoms with E-state index in [9.17, 15) is 4.39 Å². The van der Waals surface area contributed by atoms with E-state index in [1.807, 2.05) is 38.4 Å². The minimum absolute atomic E-state index is 0.262. The van der Waals surface area contributed by atoms with E-state index in [1.54, 1.807) is 18.3 Å². The fraction of sp³-hybridized carbons (Fsp3) is 0.125. The fourth-order valence-electron chi connectivity index (χ4n) is 3.91. The molecule has 4 heterocycles. The summed E-state index contributed by atoms with van der Waals surface area (Å²) < 4.78 is 18.8. The molecule has 0 amide bonds. The van der Waals surface area contributed by atoms with E-state index in [0.717, 1.165) is 56.0 Å². The van der Waals surface area contributed by atoms with Crippen LogP contribution >= 0.6 is 0 Å². The monoisotopic (exact) mass is 398 g/mol. The molecule has 148 valence electrons. The van der Waals surface area contributed by atoms with Gasteiger partial charge in [-0.15, -0.1) is 0 Å². The number of pyridine rings is 2. The molecule has 5 nitrogen and oxygen atoms in total. The average Bonchev–Trinajstić information content (AvgIpc) is 3.28. The summed E-state index contributed by atoms with van der Waals surface area (Å²) in [5, 5.41) is 5.08. The van der Waals surface area contributed by atoms with E-state index in [1.165, 1.54) is 12.1 Å². The number of benzene rings is 1. The van der Waals surface area contributed by atoms with Crippen LogP contribution < -0.4 is 0 Å². The Morgan fingerprint density at radius 1 is 1.03 bits per heavy atom. The maximum atomic E-state index is 13.5. The summed E-state index contributed by atoms with van der Waals surface area (Å²) in [4.78, 5) is 12.3. The number of nitrogens with zero attached hydrogens (tertiary/aromatic N) is 3. The molecule has 0 bridgehead atoms. The largest absolute Gasteiger partial charge is 0.361 e. The molecule has 4 aromatic heterocycles. The molecule has 0 saturated carbocycles. The number of rotatable bonds is 4. The standard InChI is InChI=1S/C24H19FN4O/c1-14-22(15(2)30-29-14)18-11-21-20(10-16-4-3-9-26-12-16)23(28-24(21)27-13-18)17-5-7-19(25)8-6-17/h3-9,11-13H,10H2,1-2H3,(H,27,28). The van der Waals surface area contributed by atoms with Gasteiger partial charge in [0.05, 0.1) is 11.4 Å². The van der Waals surface area contributed by atoms with E-state index in [4.69, 9.17) is 4.52 Å². The highest BCUT2D eigenvalue weighted by Crippen LogP contribution is 2.35. The smallest absolute Gasteiger partial charge is 0.141 e. The van der Waals surface area contributed by atoms with E-state index < -0.39 is 0 Å². The molecule has 0 unspecified atom stereocenters. The first-order valence-corrected chi connectivity index (χ1v) is 9.69. The van der Waals surface area contributed by atoms with Crippen molar-refractivity contribution >= 4 is 11.0 Å². The van der Waals surface area contributed by atoms with Crippen LogP contribution in [0.2, 0.25) is 0 Å². The van der Waals surface area contributed by atoms with Gasteiger partial charge in [-0.3, -0.25) is 4.98 Å². The van der Waals surface area contributed by atoms with Crippen molar-refractivity contribution in [1.29, 1.82) is 0 Å². The second-order valence-corrected chi connectivity index (χ2v) is 7.34. The third-order valence-electron chi connectivity index (χ3n) is 5.32. The van der Waals surface area contributed by atoms with Crippen molar-refractivity contribution in [2.75, 3.05) is 0 Å². The summed E-state index contributed by atoms with van der Waals surface area (Å²) in [7, 11) is 0. The predicted octanol–water partition coefficient (Wildman–Crippen LogP) is 5.63. The summed E-state index contributed by atoms with van der Waals surface area (Å²) >= 11 is 0. The van der Waals surface area contributed by atoms with Gasteiger partial charge in [-0.1, -0.05) is 11.2 Å². The topological polar surface area (TPSA) is 67.6 Å². The third-order valence-corrected chi connectivity index (χ3v) is 5.32. The zero-order valence-electron chi connectivity index (χ0n) is 16.6. The SMILES string of the molecule is Cc1noc(C)c1-c1cnc2[nH]c(-c3ccc(F)cc3)c(Cc3cccnc3)c2c1. The Bertz CT molecular complexity index is 1320. The van der Waals surface area contributed by atoms with Crippen LogP contribution in [-0.4, -0.2) is 20.1 Å². The summed E-state index contributed by atoms with van der Waals surface area (Å²) in [5.41, 5.74) is 7.54. The molecule has 0 spiro atoms. The van der Waals surface area contributed by atoms with Crippen LogP contribution in [0.3, 0.4) is 0 Å². The zero-order chi connectivity index (χ0) is 20.7. The van der Waals surface area contributed by atoms with Gasteiger partial charge in [0.25, 0.3) is 0 Å². The third kappa shape index (κ3) is 3.16. The molecule has 30 heavy (non-hydrogen) atoms. The molecule has 0 fully saturated rings. The van der Waals surface area contributed by atoms with Gasteiger partial charge in [0.15, 0.2) is 0 Å². The van der Waals surface area contributed by atoms with Gasteiger partial charge in [0.2, 0.25) is 0 Å². The maximum Gasteiger partial charge on any atom is 0.141 e. The minimum Gasteiger partial charge on any atom is -0.361 e. The summed E-state index contributed by atoms with van der Waals surface area (Å²) in [6, 6.07) is 12.6. The minimum atomic E-state index is -0.262. The van der Waals surface area contributed by atoms with Gasteiger partial charge in [-0.25, -0.2) is 9.37 Å². The van der Waals surface area contributed by atoms with Gasteiger partial charge in [-0.05, 0) is 66.9 Å². The van der Waals surface area contributed by atoms with E-state index >= 15 is 0 Å². The van der Waals surface area contributed by atoms with E-state index in [0.29, 0.717) is 6.42 Å². The number of aryl methyl sites for hydroxylation is 2. The van der Waals surface area contributed by atoms with Crippen LogP contribution in [0.1, 0.15) is 22.6 Å². The molecule has 0 radical (unpaired) electrons. The number of aromatic nitrogens is 4. The van der Waals surface area contributed by atoms with Crippen molar-refractivity contribution in [3.63, 3.8) is 0 Å². The maximum absolute atomic E-state index is 13.5. The zero-order valence-corrected chi connectivity index (χ0v) is 16.6. The number of halogens is 1. The first kappa shape index (κ1) is 18.2. The average molecular weight is 398 g/mol. The molecule has 1 aromatic carbocycles. The number of hydrogen-bond acceptors (Lipinski definition) is 4. The quantitative estimate of drug-likeness (QED) is 0.426. The highest BCUT2D eigenvalue weighted by atomic mass is 19.1. The lowest BCUT2D eigenvalue weighted by molar-refractivity contribution is 0.393. The molecular weight excluding hydrogens is 379 g/mol. The number of fused-ring (bicyclic) bond motifs is 1. The highest BCUT2D eigenvalue weighted by Gasteiger charge is 2.18. The van der Waals surface area contributed by atoms with Crippen molar-refractivity contribution in [3.05, 3.63) is 89.5 Å². The number of hydrogen-bond donors (Lipinski definition) is 1. The van der Waals surface area contributed by atoms with Crippen molar-refractivity contribution in [2.45, 2.75) is 20.3 Å². The van der Waals surface area contributed by atoms with E-state index in [-0.39, 0.29) is 5.82 Å². The Morgan fingerprint density at radius 2 is 1.87 bits per heavy atom. The van der Waals surface area contributed by atoms with Gasteiger partial charge < -0.3 is 9.51 Å². The molecular formula is C24H19FN4O. The second kappa shape index (κ2) is 7.22. The van der Waals surface area contributed by atoms with Crippen LogP contribution in [0.15, 0.2) is 65.6 Å². The lowest BCUT2D eigenvalue weighted by Crippen LogP contribution is -1.92. The predicted molar refractivity (Wildman–Crippen MR) is 114 cm³/mol. The Balaban J connectivity index is 1.73. The Hall–Kier alpha value is -3.80. The molecule has 6 heteroatoms. The Labute approximate surface area is 172 Å².